The van der Waals surface area contributed by atoms with Gasteiger partial charge in [-0.2, -0.15) is 10.2 Å². The first-order chi connectivity index (χ1) is 8.02. The predicted octanol–water partition coefficient (Wildman–Crippen LogP) is 2.56. The lowest BCUT2D eigenvalue weighted by Crippen LogP contribution is -2.29. The molecule has 0 spiro atoms. The summed E-state index contributed by atoms with van der Waals surface area (Å²) in [6, 6.07) is 6.83. The lowest BCUT2D eigenvalue weighted by Gasteiger charge is -2.21. The van der Waals surface area contributed by atoms with Gasteiger partial charge in [0, 0.05) is 11.1 Å². The minimum absolute atomic E-state index is 0.134. The number of nitrogens with zero attached hydrogens (tertiary/aromatic N) is 2. The first kappa shape index (κ1) is 10.1. The zero-order valence-electron chi connectivity index (χ0n) is 9.52. The molecule has 0 radical (unpaired) electrons. The highest BCUT2D eigenvalue weighted by Gasteiger charge is 2.43. The van der Waals surface area contributed by atoms with E-state index in [1.54, 1.807) is 38.1 Å². The number of allylic oxidation sites excluding steroid dienone is 1. The van der Waals surface area contributed by atoms with Gasteiger partial charge < -0.3 is 0 Å². The van der Waals surface area contributed by atoms with Gasteiger partial charge in [0.05, 0.1) is 5.57 Å². The van der Waals surface area contributed by atoms with Crippen molar-refractivity contribution in [2.75, 3.05) is 0 Å². The number of ketones is 2. The Morgan fingerprint density at radius 2 is 1.59 bits per heavy atom. The van der Waals surface area contributed by atoms with Crippen molar-refractivity contribution in [3.8, 4) is 0 Å². The number of hydrogen-bond donors (Lipinski definition) is 0. The number of azo groups is 1. The number of benzene rings is 1. The molecule has 1 aromatic carbocycles. The fourth-order valence-electron chi connectivity index (χ4n) is 2.25. The van der Waals surface area contributed by atoms with Crippen LogP contribution in [0.3, 0.4) is 0 Å². The molecule has 4 nitrogen and oxygen atoms in total. The van der Waals surface area contributed by atoms with Gasteiger partial charge in [-0.3, -0.25) is 9.59 Å². The van der Waals surface area contributed by atoms with Crippen LogP contribution < -0.4 is 0 Å². The van der Waals surface area contributed by atoms with Gasteiger partial charge in [-0.1, -0.05) is 24.3 Å². The summed E-state index contributed by atoms with van der Waals surface area (Å²) in [6.07, 6.45) is 0. The van der Waals surface area contributed by atoms with Crippen molar-refractivity contribution >= 4 is 11.6 Å². The van der Waals surface area contributed by atoms with Gasteiger partial charge in [0.25, 0.3) is 0 Å². The highest BCUT2D eigenvalue weighted by molar-refractivity contribution is 6.27. The van der Waals surface area contributed by atoms with Crippen molar-refractivity contribution in [1.29, 1.82) is 0 Å². The molecule has 0 unspecified atom stereocenters. The number of hydrogen-bond acceptors (Lipinski definition) is 4. The molecule has 1 aliphatic heterocycles. The van der Waals surface area contributed by atoms with Crippen molar-refractivity contribution in [3.05, 3.63) is 46.7 Å². The summed E-state index contributed by atoms with van der Waals surface area (Å²) in [5.41, 5.74) is 0.805. The van der Waals surface area contributed by atoms with E-state index in [1.165, 1.54) is 0 Å². The lowest BCUT2D eigenvalue weighted by atomic mass is 9.80. The third-order valence-corrected chi connectivity index (χ3v) is 3.11. The molecule has 0 aromatic heterocycles. The number of rotatable bonds is 0. The van der Waals surface area contributed by atoms with Crippen LogP contribution in [-0.2, 0) is 0 Å². The standard InChI is InChI=1S/C13H10N2O2/c1-13(2)9-10(14-15-13)12(17)8-6-4-3-5-7(8)11(9)16/h3-6H,1-2H3. The Morgan fingerprint density at radius 1 is 1.00 bits per heavy atom. The highest BCUT2D eigenvalue weighted by atomic mass is 16.1. The number of fused-ring (bicyclic) bond motifs is 1. The highest BCUT2D eigenvalue weighted by Crippen LogP contribution is 2.39. The Labute approximate surface area is 98.1 Å². The largest absolute Gasteiger partial charge is 0.289 e. The molecule has 0 saturated heterocycles. The maximum absolute atomic E-state index is 12.3. The Bertz CT molecular complexity index is 624. The van der Waals surface area contributed by atoms with Crippen molar-refractivity contribution in [2.24, 2.45) is 10.2 Å². The molecule has 0 saturated carbocycles. The van der Waals surface area contributed by atoms with E-state index in [-0.39, 0.29) is 17.3 Å². The topological polar surface area (TPSA) is 58.9 Å². The molecular weight excluding hydrogens is 216 g/mol. The van der Waals surface area contributed by atoms with E-state index in [2.05, 4.69) is 10.2 Å². The second kappa shape index (κ2) is 2.97. The minimum Gasteiger partial charge on any atom is -0.289 e. The molecule has 0 fully saturated rings. The smallest absolute Gasteiger partial charge is 0.214 e. The number of carbonyl (C=O) groups excluding carboxylic acids is 2. The Kier molecular flexibility index (Phi) is 1.76. The lowest BCUT2D eigenvalue weighted by molar-refractivity contribution is 0.0969. The van der Waals surface area contributed by atoms with E-state index >= 15 is 0 Å². The molecule has 0 atom stereocenters. The van der Waals surface area contributed by atoms with Crippen LogP contribution >= 0.6 is 0 Å². The second-order valence-corrected chi connectivity index (χ2v) is 4.69. The summed E-state index contributed by atoms with van der Waals surface area (Å²) in [5, 5.41) is 7.88. The molecule has 4 heteroatoms. The van der Waals surface area contributed by atoms with Crippen LogP contribution in [0.2, 0.25) is 0 Å². The average Bonchev–Trinajstić information content (AvgIpc) is 2.63. The summed E-state index contributed by atoms with van der Waals surface area (Å²) in [7, 11) is 0. The van der Waals surface area contributed by atoms with Crippen LogP contribution in [0.1, 0.15) is 34.6 Å². The second-order valence-electron chi connectivity index (χ2n) is 4.69. The molecular formula is C13H10N2O2. The molecule has 17 heavy (non-hydrogen) atoms. The number of Topliss-reactive ketones (excluding diaryl/α,β-unsaturated/α-hetero) is 2. The Balaban J connectivity index is 2.30. The molecule has 84 valence electrons. The van der Waals surface area contributed by atoms with Gasteiger partial charge in [0.1, 0.15) is 11.2 Å². The van der Waals surface area contributed by atoms with Crippen molar-refractivity contribution in [3.63, 3.8) is 0 Å². The van der Waals surface area contributed by atoms with Crippen molar-refractivity contribution in [2.45, 2.75) is 19.4 Å². The van der Waals surface area contributed by atoms with Crippen LogP contribution in [0, 0.1) is 0 Å². The first-order valence-corrected chi connectivity index (χ1v) is 5.38. The maximum atomic E-state index is 12.3. The summed E-state index contributed by atoms with van der Waals surface area (Å²) in [5.74, 6) is -0.338. The van der Waals surface area contributed by atoms with E-state index in [9.17, 15) is 9.59 Å². The average molecular weight is 226 g/mol. The summed E-state index contributed by atoms with van der Waals surface area (Å²) in [4.78, 5) is 24.5. The molecule has 0 N–H and O–H groups in total. The SMILES string of the molecule is CC1(C)N=NC2=C1C(=O)c1ccccc1C2=O. The maximum Gasteiger partial charge on any atom is 0.214 e. The molecule has 0 amide bonds. The third kappa shape index (κ3) is 1.18. The van der Waals surface area contributed by atoms with Gasteiger partial charge in [0.2, 0.25) is 5.78 Å². The molecule has 1 aliphatic carbocycles. The van der Waals surface area contributed by atoms with E-state index in [0.29, 0.717) is 16.7 Å². The zero-order valence-corrected chi connectivity index (χ0v) is 9.52. The van der Waals surface area contributed by atoms with Gasteiger partial charge in [-0.15, -0.1) is 0 Å². The van der Waals surface area contributed by atoms with Gasteiger partial charge in [0.15, 0.2) is 5.78 Å². The molecule has 1 heterocycles. The fourth-order valence-corrected chi connectivity index (χ4v) is 2.25. The van der Waals surface area contributed by atoms with Crippen molar-refractivity contribution in [1.82, 2.24) is 0 Å². The van der Waals surface area contributed by atoms with E-state index < -0.39 is 5.54 Å². The van der Waals surface area contributed by atoms with Crippen LogP contribution in [0.4, 0.5) is 0 Å². The predicted molar refractivity (Wildman–Crippen MR) is 61.1 cm³/mol. The fraction of sp³-hybridized carbons (Fsp3) is 0.231. The Hall–Kier alpha value is -2.10. The molecule has 1 aromatic rings. The van der Waals surface area contributed by atoms with Crippen LogP contribution in [0.15, 0.2) is 45.8 Å². The first-order valence-electron chi connectivity index (χ1n) is 5.38. The summed E-state index contributed by atoms with van der Waals surface area (Å²) >= 11 is 0. The minimum atomic E-state index is -0.699. The van der Waals surface area contributed by atoms with Gasteiger partial charge in [-0.05, 0) is 13.8 Å². The third-order valence-electron chi connectivity index (χ3n) is 3.11. The Morgan fingerprint density at radius 3 is 2.24 bits per heavy atom. The van der Waals surface area contributed by atoms with Crippen molar-refractivity contribution < 1.29 is 9.59 Å². The molecule has 3 rings (SSSR count). The van der Waals surface area contributed by atoms with E-state index in [4.69, 9.17) is 0 Å². The van der Waals surface area contributed by atoms with Crippen LogP contribution in [0.5, 0.6) is 0 Å². The summed E-state index contributed by atoms with van der Waals surface area (Å²) < 4.78 is 0. The zero-order chi connectivity index (χ0) is 12.2. The van der Waals surface area contributed by atoms with Gasteiger partial charge >= 0.3 is 0 Å². The normalized spacial score (nSPS) is 20.6. The quantitative estimate of drug-likeness (QED) is 0.682. The van der Waals surface area contributed by atoms with Crippen LogP contribution in [0.25, 0.3) is 0 Å². The summed E-state index contributed by atoms with van der Waals surface area (Å²) in [6.45, 7) is 3.58. The van der Waals surface area contributed by atoms with E-state index in [1.807, 2.05) is 0 Å². The van der Waals surface area contributed by atoms with Gasteiger partial charge in [-0.25, -0.2) is 0 Å². The molecule has 0 bridgehead atoms. The van der Waals surface area contributed by atoms with E-state index in [0.717, 1.165) is 0 Å². The van der Waals surface area contributed by atoms with Crippen LogP contribution in [-0.4, -0.2) is 17.1 Å². The molecule has 2 aliphatic rings. The number of carbonyl (C=O) groups is 2. The monoisotopic (exact) mass is 226 g/mol.